The second kappa shape index (κ2) is 10.9. The Labute approximate surface area is 196 Å². The molecule has 33 heavy (non-hydrogen) atoms. The van der Waals surface area contributed by atoms with E-state index in [1.165, 1.54) is 6.42 Å². The fourth-order valence-electron chi connectivity index (χ4n) is 5.07. The second-order valence-corrected chi connectivity index (χ2v) is 9.52. The normalized spacial score (nSPS) is 19.4. The fourth-order valence-corrected chi connectivity index (χ4v) is 5.07. The molecule has 0 atom stereocenters. The summed E-state index contributed by atoms with van der Waals surface area (Å²) in [5.41, 5.74) is 1.74. The van der Waals surface area contributed by atoms with Gasteiger partial charge in [0, 0.05) is 45.0 Å². The minimum Gasteiger partial charge on any atom is -0.493 e. The number of hydrogen-bond donors (Lipinski definition) is 1. The van der Waals surface area contributed by atoms with E-state index in [0.717, 1.165) is 57.3 Å². The SMILES string of the molecule is Cn1nccc1CCC(=O)N1CCC2(CCCCCCOc3ccccc3C(=O)NC2)CC1. The topological polar surface area (TPSA) is 76.5 Å². The molecule has 0 aliphatic carbocycles. The molecule has 0 radical (unpaired) electrons. The molecule has 1 N–H and O–H groups in total. The number of piperidine rings is 1. The first kappa shape index (κ1) is 23.3. The van der Waals surface area contributed by atoms with Crippen LogP contribution in [0.4, 0.5) is 0 Å². The molecule has 2 aliphatic heterocycles. The average Bonchev–Trinajstić information content (AvgIpc) is 3.25. The maximum atomic E-state index is 13.0. The molecule has 1 spiro atoms. The number of ether oxygens (including phenoxy) is 1. The number of carbonyl (C=O) groups is 2. The van der Waals surface area contributed by atoms with E-state index in [2.05, 4.69) is 10.4 Å². The molecule has 1 saturated heterocycles. The Hall–Kier alpha value is -2.83. The number of hydrogen-bond acceptors (Lipinski definition) is 4. The maximum Gasteiger partial charge on any atom is 0.255 e. The standard InChI is InChI=1S/C26H36N4O3/c1-29-21(12-16-28-29)10-11-24(31)30-17-14-26(15-18-30)13-6-2-3-7-19-33-23-9-5-4-8-22(23)25(32)27-20-26/h4-5,8-9,12,16H,2-3,6-7,10-11,13-15,17-20H2,1H3,(H,27,32). The van der Waals surface area contributed by atoms with E-state index in [4.69, 9.17) is 4.74 Å². The van der Waals surface area contributed by atoms with E-state index in [-0.39, 0.29) is 17.2 Å². The van der Waals surface area contributed by atoms with Crippen molar-refractivity contribution in [3.63, 3.8) is 0 Å². The highest BCUT2D eigenvalue weighted by molar-refractivity contribution is 5.96. The first-order valence-electron chi connectivity index (χ1n) is 12.3. The summed E-state index contributed by atoms with van der Waals surface area (Å²) in [4.78, 5) is 27.8. The van der Waals surface area contributed by atoms with Gasteiger partial charge in [0.1, 0.15) is 5.75 Å². The van der Waals surface area contributed by atoms with Gasteiger partial charge in [-0.15, -0.1) is 0 Å². The summed E-state index contributed by atoms with van der Waals surface area (Å²) < 4.78 is 7.73. The monoisotopic (exact) mass is 452 g/mol. The number of carbonyl (C=O) groups excluding carboxylic acids is 2. The van der Waals surface area contributed by atoms with E-state index in [1.54, 1.807) is 6.20 Å². The smallest absolute Gasteiger partial charge is 0.255 e. The Balaban J connectivity index is 1.37. The van der Waals surface area contributed by atoms with Gasteiger partial charge < -0.3 is 15.0 Å². The van der Waals surface area contributed by atoms with Crippen molar-refractivity contribution in [3.8, 4) is 5.75 Å². The minimum atomic E-state index is -0.0705. The molecule has 4 rings (SSSR count). The summed E-state index contributed by atoms with van der Waals surface area (Å²) in [7, 11) is 1.91. The van der Waals surface area contributed by atoms with Crippen molar-refractivity contribution in [1.29, 1.82) is 0 Å². The quantitative estimate of drug-likeness (QED) is 0.770. The lowest BCUT2D eigenvalue weighted by Gasteiger charge is -2.42. The summed E-state index contributed by atoms with van der Waals surface area (Å²) in [6, 6.07) is 9.47. The summed E-state index contributed by atoms with van der Waals surface area (Å²) in [6.45, 7) is 2.82. The van der Waals surface area contributed by atoms with Gasteiger partial charge in [0.2, 0.25) is 5.91 Å². The zero-order chi connectivity index (χ0) is 23.1. The lowest BCUT2D eigenvalue weighted by Crippen LogP contribution is -2.48. The van der Waals surface area contributed by atoms with Gasteiger partial charge >= 0.3 is 0 Å². The first-order chi connectivity index (χ1) is 16.1. The average molecular weight is 453 g/mol. The molecule has 0 saturated carbocycles. The predicted octanol–water partition coefficient (Wildman–Crippen LogP) is 3.73. The van der Waals surface area contributed by atoms with E-state index in [1.807, 2.05) is 47.0 Å². The maximum absolute atomic E-state index is 13.0. The summed E-state index contributed by atoms with van der Waals surface area (Å²) in [5, 5.41) is 7.38. The third-order valence-electron chi connectivity index (χ3n) is 7.31. The van der Waals surface area contributed by atoms with Crippen molar-refractivity contribution in [3.05, 3.63) is 47.8 Å². The number of para-hydroxylation sites is 1. The molecule has 1 fully saturated rings. The van der Waals surface area contributed by atoms with Crippen molar-refractivity contribution >= 4 is 11.8 Å². The zero-order valence-electron chi connectivity index (χ0n) is 19.7. The van der Waals surface area contributed by atoms with Gasteiger partial charge in [0.25, 0.3) is 5.91 Å². The summed E-state index contributed by atoms with van der Waals surface area (Å²) in [6.07, 6.45) is 10.4. The van der Waals surface area contributed by atoms with Crippen LogP contribution in [-0.2, 0) is 18.3 Å². The Morgan fingerprint density at radius 2 is 1.88 bits per heavy atom. The van der Waals surface area contributed by atoms with Gasteiger partial charge in [-0.2, -0.15) is 5.10 Å². The molecule has 178 valence electrons. The lowest BCUT2D eigenvalue weighted by atomic mass is 9.74. The Bertz CT molecular complexity index is 947. The molecule has 1 aromatic heterocycles. The zero-order valence-corrected chi connectivity index (χ0v) is 19.7. The van der Waals surface area contributed by atoms with Crippen molar-refractivity contribution < 1.29 is 14.3 Å². The number of rotatable bonds is 3. The van der Waals surface area contributed by atoms with Crippen molar-refractivity contribution in [2.45, 2.75) is 57.8 Å². The predicted molar refractivity (Wildman–Crippen MR) is 127 cm³/mol. The highest BCUT2D eigenvalue weighted by atomic mass is 16.5. The minimum absolute atomic E-state index is 0.0539. The molecule has 1 aromatic carbocycles. The number of likely N-dealkylation sites (tertiary alicyclic amines) is 1. The van der Waals surface area contributed by atoms with Gasteiger partial charge in [-0.05, 0) is 55.7 Å². The number of aromatic nitrogens is 2. The van der Waals surface area contributed by atoms with Crippen LogP contribution in [0.2, 0.25) is 0 Å². The van der Waals surface area contributed by atoms with Gasteiger partial charge in [-0.3, -0.25) is 14.3 Å². The number of benzene rings is 1. The Morgan fingerprint density at radius 3 is 2.67 bits per heavy atom. The van der Waals surface area contributed by atoms with Crippen LogP contribution in [-0.4, -0.2) is 52.7 Å². The van der Waals surface area contributed by atoms with Crippen LogP contribution in [0, 0.1) is 5.41 Å². The number of fused-ring (bicyclic) bond motifs is 1. The summed E-state index contributed by atoms with van der Waals surface area (Å²) >= 11 is 0. The second-order valence-electron chi connectivity index (χ2n) is 9.52. The van der Waals surface area contributed by atoms with Crippen LogP contribution in [0.15, 0.2) is 36.5 Å². The van der Waals surface area contributed by atoms with Crippen LogP contribution in [0.1, 0.15) is 67.4 Å². The largest absolute Gasteiger partial charge is 0.493 e. The van der Waals surface area contributed by atoms with Gasteiger partial charge in [-0.25, -0.2) is 0 Å². The number of nitrogens with zero attached hydrogens (tertiary/aromatic N) is 3. The molecule has 3 heterocycles. The van der Waals surface area contributed by atoms with Gasteiger partial charge in [0.15, 0.2) is 0 Å². The van der Waals surface area contributed by atoms with E-state index >= 15 is 0 Å². The molecule has 2 aliphatic rings. The third kappa shape index (κ3) is 5.95. The molecule has 0 unspecified atom stereocenters. The molecular formula is C26H36N4O3. The lowest BCUT2D eigenvalue weighted by molar-refractivity contribution is -0.133. The Kier molecular flexibility index (Phi) is 7.68. The molecule has 0 bridgehead atoms. The van der Waals surface area contributed by atoms with Crippen molar-refractivity contribution in [2.75, 3.05) is 26.2 Å². The van der Waals surface area contributed by atoms with Crippen LogP contribution < -0.4 is 10.1 Å². The van der Waals surface area contributed by atoms with E-state index < -0.39 is 0 Å². The number of aryl methyl sites for hydroxylation is 2. The van der Waals surface area contributed by atoms with Crippen LogP contribution in [0.25, 0.3) is 0 Å². The van der Waals surface area contributed by atoms with Crippen LogP contribution in [0.5, 0.6) is 5.75 Å². The molecule has 2 aromatic rings. The van der Waals surface area contributed by atoms with E-state index in [0.29, 0.717) is 37.3 Å². The number of amides is 2. The Morgan fingerprint density at radius 1 is 1.09 bits per heavy atom. The van der Waals surface area contributed by atoms with Crippen molar-refractivity contribution in [2.24, 2.45) is 12.5 Å². The van der Waals surface area contributed by atoms with Crippen LogP contribution >= 0.6 is 0 Å². The third-order valence-corrected chi connectivity index (χ3v) is 7.31. The molecule has 7 heteroatoms. The van der Waals surface area contributed by atoms with Gasteiger partial charge in [0.05, 0.1) is 12.2 Å². The first-order valence-corrected chi connectivity index (χ1v) is 12.3. The number of nitrogens with one attached hydrogen (secondary N) is 1. The fraction of sp³-hybridized carbons (Fsp3) is 0.577. The van der Waals surface area contributed by atoms with Crippen LogP contribution in [0.3, 0.4) is 0 Å². The highest BCUT2D eigenvalue weighted by Gasteiger charge is 2.36. The molecular weight excluding hydrogens is 416 g/mol. The molecule has 7 nitrogen and oxygen atoms in total. The van der Waals surface area contributed by atoms with E-state index in [9.17, 15) is 9.59 Å². The van der Waals surface area contributed by atoms with Gasteiger partial charge in [-0.1, -0.05) is 31.4 Å². The highest BCUT2D eigenvalue weighted by Crippen LogP contribution is 2.37. The van der Waals surface area contributed by atoms with Crippen molar-refractivity contribution in [1.82, 2.24) is 20.0 Å². The summed E-state index contributed by atoms with van der Waals surface area (Å²) in [5.74, 6) is 0.807. The molecule has 2 amide bonds.